The first kappa shape index (κ1) is 15.3. The van der Waals surface area contributed by atoms with Gasteiger partial charge in [0.2, 0.25) is 11.8 Å². The Balaban J connectivity index is 2.27. The number of alkyl halides is 1. The first-order chi connectivity index (χ1) is 8.69. The van der Waals surface area contributed by atoms with Crippen LogP contribution in [0.15, 0.2) is 0 Å². The van der Waals surface area contributed by atoms with Gasteiger partial charge in [0.25, 0.3) is 0 Å². The highest BCUT2D eigenvalue weighted by atomic mass is 35.5. The molecular weight excluding hydrogens is 252 g/mol. The maximum Gasteiger partial charge on any atom is 0.242 e. The van der Waals surface area contributed by atoms with Crippen molar-refractivity contribution in [3.63, 3.8) is 0 Å². The van der Waals surface area contributed by atoms with Gasteiger partial charge in [0, 0.05) is 19.0 Å². The van der Waals surface area contributed by atoms with Crippen molar-refractivity contribution < 1.29 is 9.59 Å². The minimum absolute atomic E-state index is 0.0807. The van der Waals surface area contributed by atoms with Gasteiger partial charge in [-0.25, -0.2) is 0 Å². The summed E-state index contributed by atoms with van der Waals surface area (Å²) in [6.45, 7) is 3.92. The van der Waals surface area contributed by atoms with E-state index in [1.165, 1.54) is 0 Å². The number of carbonyl (C=O) groups excluding carboxylic acids is 2. The van der Waals surface area contributed by atoms with Gasteiger partial charge in [-0.2, -0.15) is 0 Å². The third kappa shape index (κ3) is 4.84. The fraction of sp³-hybridized carbons (Fsp3) is 0.846. The van der Waals surface area contributed by atoms with E-state index < -0.39 is 0 Å². The molecule has 104 valence electrons. The molecule has 0 saturated carbocycles. The van der Waals surface area contributed by atoms with Crippen LogP contribution in [0, 0.1) is 0 Å². The quantitative estimate of drug-likeness (QED) is 0.501. The molecule has 1 rings (SSSR count). The summed E-state index contributed by atoms with van der Waals surface area (Å²) in [5.74, 6) is 0.866. The van der Waals surface area contributed by atoms with Gasteiger partial charge in [0.1, 0.15) is 0 Å². The van der Waals surface area contributed by atoms with Gasteiger partial charge < -0.3 is 9.80 Å². The summed E-state index contributed by atoms with van der Waals surface area (Å²) in [7, 11) is 0. The smallest absolute Gasteiger partial charge is 0.242 e. The molecule has 0 spiro atoms. The van der Waals surface area contributed by atoms with Crippen molar-refractivity contribution in [2.75, 3.05) is 32.1 Å². The Hall–Kier alpha value is -0.770. The molecule has 1 saturated heterocycles. The number of rotatable bonds is 8. The molecule has 0 atom stereocenters. The number of halogens is 1. The number of hydrogen-bond donors (Lipinski definition) is 0. The third-order valence-electron chi connectivity index (χ3n) is 3.16. The Morgan fingerprint density at radius 2 is 1.50 bits per heavy atom. The van der Waals surface area contributed by atoms with Crippen LogP contribution in [0.4, 0.5) is 0 Å². The number of amides is 2. The number of carbonyl (C=O) groups is 2. The molecule has 0 aliphatic carbocycles. The fourth-order valence-corrected chi connectivity index (χ4v) is 2.32. The van der Waals surface area contributed by atoms with Gasteiger partial charge >= 0.3 is 0 Å². The molecule has 0 aromatic rings. The van der Waals surface area contributed by atoms with Crippen LogP contribution >= 0.6 is 11.6 Å². The molecule has 2 amide bonds. The second-order valence-corrected chi connectivity index (χ2v) is 5.11. The van der Waals surface area contributed by atoms with Gasteiger partial charge in [0.15, 0.2) is 0 Å². The number of piperazine rings is 1. The van der Waals surface area contributed by atoms with E-state index in [-0.39, 0.29) is 24.9 Å². The standard InChI is InChI=1S/C13H23ClN2O2/c1-2-8-15-10-13(18)16(11-12(15)17)9-6-4-3-5-7-14/h2-11H2,1H3. The largest absolute Gasteiger partial charge is 0.332 e. The molecular formula is C13H23ClN2O2. The second-order valence-electron chi connectivity index (χ2n) is 4.73. The molecule has 4 nitrogen and oxygen atoms in total. The van der Waals surface area contributed by atoms with E-state index in [0.717, 1.165) is 32.1 Å². The molecule has 5 heteroatoms. The Morgan fingerprint density at radius 3 is 2.06 bits per heavy atom. The van der Waals surface area contributed by atoms with Crippen LogP contribution in [0.2, 0.25) is 0 Å². The topological polar surface area (TPSA) is 40.6 Å². The van der Waals surface area contributed by atoms with Crippen molar-refractivity contribution in [2.45, 2.75) is 39.0 Å². The Labute approximate surface area is 114 Å². The van der Waals surface area contributed by atoms with Crippen LogP contribution in [-0.4, -0.2) is 53.7 Å². The van der Waals surface area contributed by atoms with Gasteiger partial charge in [-0.3, -0.25) is 9.59 Å². The SMILES string of the molecule is CCCN1CC(=O)N(CCCCCCCl)CC1=O. The van der Waals surface area contributed by atoms with Gasteiger partial charge in [-0.1, -0.05) is 19.8 Å². The van der Waals surface area contributed by atoms with Gasteiger partial charge in [-0.15, -0.1) is 11.6 Å². The zero-order valence-electron chi connectivity index (χ0n) is 11.2. The van der Waals surface area contributed by atoms with Crippen molar-refractivity contribution in [1.82, 2.24) is 9.80 Å². The molecule has 0 N–H and O–H groups in total. The molecule has 0 radical (unpaired) electrons. The summed E-state index contributed by atoms with van der Waals surface area (Å²) in [6, 6.07) is 0. The highest BCUT2D eigenvalue weighted by Crippen LogP contribution is 2.08. The molecule has 0 aromatic carbocycles. The molecule has 0 bridgehead atoms. The van der Waals surface area contributed by atoms with Gasteiger partial charge in [0.05, 0.1) is 13.1 Å². The Morgan fingerprint density at radius 1 is 0.944 bits per heavy atom. The third-order valence-corrected chi connectivity index (χ3v) is 3.43. The summed E-state index contributed by atoms with van der Waals surface area (Å²) < 4.78 is 0. The van der Waals surface area contributed by atoms with E-state index >= 15 is 0 Å². The van der Waals surface area contributed by atoms with E-state index in [9.17, 15) is 9.59 Å². The average molecular weight is 275 g/mol. The number of nitrogens with zero attached hydrogens (tertiary/aromatic N) is 2. The number of hydrogen-bond acceptors (Lipinski definition) is 2. The normalized spacial score (nSPS) is 16.6. The summed E-state index contributed by atoms with van der Waals surface area (Å²) in [6.07, 6.45) is 5.06. The van der Waals surface area contributed by atoms with E-state index in [2.05, 4.69) is 0 Å². The molecule has 0 unspecified atom stereocenters. The summed E-state index contributed by atoms with van der Waals surface area (Å²) >= 11 is 5.60. The van der Waals surface area contributed by atoms with E-state index in [4.69, 9.17) is 11.6 Å². The Bertz CT molecular complexity index is 284. The van der Waals surface area contributed by atoms with E-state index in [1.807, 2.05) is 6.92 Å². The van der Waals surface area contributed by atoms with E-state index in [0.29, 0.717) is 19.0 Å². The second kappa shape index (κ2) is 8.35. The molecule has 18 heavy (non-hydrogen) atoms. The lowest BCUT2D eigenvalue weighted by Crippen LogP contribution is -2.53. The van der Waals surface area contributed by atoms with Crippen molar-refractivity contribution in [2.24, 2.45) is 0 Å². The van der Waals surface area contributed by atoms with Crippen molar-refractivity contribution in [1.29, 1.82) is 0 Å². The maximum atomic E-state index is 11.9. The zero-order valence-corrected chi connectivity index (χ0v) is 11.9. The first-order valence-corrected chi connectivity index (χ1v) is 7.34. The lowest BCUT2D eigenvalue weighted by Gasteiger charge is -2.33. The summed E-state index contributed by atoms with van der Waals surface area (Å²) in [5.41, 5.74) is 0. The summed E-state index contributed by atoms with van der Waals surface area (Å²) in [5, 5.41) is 0. The maximum absolute atomic E-state index is 11.9. The zero-order chi connectivity index (χ0) is 13.4. The van der Waals surface area contributed by atoms with Crippen LogP contribution in [-0.2, 0) is 9.59 Å². The molecule has 1 aliphatic heterocycles. The monoisotopic (exact) mass is 274 g/mol. The predicted molar refractivity (Wildman–Crippen MR) is 72.6 cm³/mol. The van der Waals surface area contributed by atoms with Crippen molar-refractivity contribution in [3.8, 4) is 0 Å². The highest BCUT2D eigenvalue weighted by Gasteiger charge is 2.28. The minimum atomic E-state index is 0.0807. The molecule has 1 heterocycles. The average Bonchev–Trinajstić information content (AvgIpc) is 2.35. The number of unbranched alkanes of at least 4 members (excludes halogenated alkanes) is 3. The van der Waals surface area contributed by atoms with Crippen LogP contribution in [0.5, 0.6) is 0 Å². The van der Waals surface area contributed by atoms with Crippen LogP contribution < -0.4 is 0 Å². The molecule has 1 aliphatic rings. The molecule has 1 fully saturated rings. The summed E-state index contributed by atoms with van der Waals surface area (Å²) in [4.78, 5) is 27.0. The minimum Gasteiger partial charge on any atom is -0.332 e. The molecule has 0 aromatic heterocycles. The highest BCUT2D eigenvalue weighted by molar-refractivity contribution is 6.17. The van der Waals surface area contributed by atoms with Crippen LogP contribution in [0.1, 0.15) is 39.0 Å². The van der Waals surface area contributed by atoms with E-state index in [1.54, 1.807) is 9.80 Å². The van der Waals surface area contributed by atoms with Crippen molar-refractivity contribution in [3.05, 3.63) is 0 Å². The Kier molecular flexibility index (Phi) is 7.09. The lowest BCUT2D eigenvalue weighted by atomic mass is 10.2. The first-order valence-electron chi connectivity index (χ1n) is 6.80. The van der Waals surface area contributed by atoms with Crippen LogP contribution in [0.25, 0.3) is 0 Å². The van der Waals surface area contributed by atoms with Crippen molar-refractivity contribution >= 4 is 23.4 Å². The lowest BCUT2D eigenvalue weighted by molar-refractivity contribution is -0.150. The van der Waals surface area contributed by atoms with Gasteiger partial charge in [-0.05, 0) is 19.3 Å². The predicted octanol–water partition coefficient (Wildman–Crippen LogP) is 1.87. The van der Waals surface area contributed by atoms with Crippen LogP contribution in [0.3, 0.4) is 0 Å². The fourth-order valence-electron chi connectivity index (χ4n) is 2.13.